The first-order valence-corrected chi connectivity index (χ1v) is 4.75. The van der Waals surface area contributed by atoms with Gasteiger partial charge in [0.25, 0.3) is 0 Å². The molecule has 0 heterocycles. The van der Waals surface area contributed by atoms with Gasteiger partial charge in [0.1, 0.15) is 0 Å². The Bertz CT molecular complexity index is 140. The second kappa shape index (κ2) is 3.25. The van der Waals surface area contributed by atoms with Crippen molar-refractivity contribution in [1.82, 2.24) is 0 Å². The van der Waals surface area contributed by atoms with E-state index in [1.807, 2.05) is 0 Å². The molecule has 0 saturated carbocycles. The molecule has 0 spiro atoms. The molecule has 0 aliphatic heterocycles. The summed E-state index contributed by atoms with van der Waals surface area (Å²) in [6.07, 6.45) is 16.2. The molecule has 11 heavy (non-hydrogen) atoms. The third kappa shape index (κ3) is 1.74. The lowest BCUT2D eigenvalue weighted by molar-refractivity contribution is 0.399. The van der Waals surface area contributed by atoms with Crippen LogP contribution in [0.3, 0.4) is 0 Å². The lowest BCUT2D eigenvalue weighted by Gasteiger charge is -2.14. The van der Waals surface area contributed by atoms with Gasteiger partial charge in [-0.2, -0.15) is 0 Å². The minimum atomic E-state index is 0.986. The number of hydrogen-bond donors (Lipinski definition) is 0. The Kier molecular flexibility index (Phi) is 2.11. The molecule has 2 aliphatic carbocycles. The molecule has 0 N–H and O–H groups in total. The first-order chi connectivity index (χ1) is 5.45. The fourth-order valence-corrected chi connectivity index (χ4v) is 2.20. The van der Waals surface area contributed by atoms with Crippen molar-refractivity contribution in [3.8, 4) is 0 Å². The van der Waals surface area contributed by atoms with Gasteiger partial charge in [0, 0.05) is 0 Å². The fraction of sp³-hybridized carbons (Fsp3) is 0.636. The van der Waals surface area contributed by atoms with Crippen LogP contribution in [0, 0.1) is 11.8 Å². The zero-order valence-electron chi connectivity index (χ0n) is 7.00. The summed E-state index contributed by atoms with van der Waals surface area (Å²) < 4.78 is 0. The van der Waals surface area contributed by atoms with Gasteiger partial charge in [-0.05, 0) is 43.9 Å². The maximum absolute atomic E-state index is 2.34. The Morgan fingerprint density at radius 2 is 1.09 bits per heavy atom. The first kappa shape index (κ1) is 7.15. The van der Waals surface area contributed by atoms with Gasteiger partial charge in [-0.1, -0.05) is 24.3 Å². The molecular formula is C11H16. The SMILES string of the molecule is C1=CCC(CC2CC=CC2)C1. The second-order valence-corrected chi connectivity index (χ2v) is 3.85. The van der Waals surface area contributed by atoms with Crippen molar-refractivity contribution < 1.29 is 0 Å². The standard InChI is InChI=1S/C11H16/c1-2-6-10(5-1)9-11-7-3-4-8-11/h1-4,10-11H,5-9H2. The Labute approximate surface area is 69.0 Å². The molecule has 0 aromatic carbocycles. The molecule has 0 fully saturated rings. The molecule has 0 saturated heterocycles. The summed E-state index contributed by atoms with van der Waals surface area (Å²) >= 11 is 0. The van der Waals surface area contributed by atoms with E-state index in [1.165, 1.54) is 32.1 Å². The number of allylic oxidation sites excluding steroid dienone is 4. The smallest absolute Gasteiger partial charge is 0.0319 e. The lowest BCUT2D eigenvalue weighted by atomic mass is 9.91. The predicted molar refractivity (Wildman–Crippen MR) is 48.3 cm³/mol. The van der Waals surface area contributed by atoms with E-state index in [0.29, 0.717) is 0 Å². The van der Waals surface area contributed by atoms with E-state index in [1.54, 1.807) is 0 Å². The molecule has 0 unspecified atom stereocenters. The van der Waals surface area contributed by atoms with Gasteiger partial charge in [-0.3, -0.25) is 0 Å². The predicted octanol–water partition coefficient (Wildman–Crippen LogP) is 3.31. The van der Waals surface area contributed by atoms with Gasteiger partial charge in [0.05, 0.1) is 0 Å². The van der Waals surface area contributed by atoms with E-state index in [4.69, 9.17) is 0 Å². The summed E-state index contributed by atoms with van der Waals surface area (Å²) in [5.74, 6) is 1.97. The molecule has 0 aromatic rings. The molecule has 0 aromatic heterocycles. The lowest BCUT2D eigenvalue weighted by Crippen LogP contribution is -2.02. The normalized spacial score (nSPS) is 25.5. The Hall–Kier alpha value is -0.520. The molecule has 2 rings (SSSR count). The molecule has 0 heteroatoms. The van der Waals surface area contributed by atoms with Crippen molar-refractivity contribution in [2.75, 3.05) is 0 Å². The van der Waals surface area contributed by atoms with Gasteiger partial charge in [-0.25, -0.2) is 0 Å². The second-order valence-electron chi connectivity index (χ2n) is 3.85. The zero-order valence-corrected chi connectivity index (χ0v) is 7.00. The van der Waals surface area contributed by atoms with Gasteiger partial charge in [0.15, 0.2) is 0 Å². The van der Waals surface area contributed by atoms with Crippen molar-refractivity contribution in [1.29, 1.82) is 0 Å². The monoisotopic (exact) mass is 148 g/mol. The molecule has 2 aliphatic rings. The minimum Gasteiger partial charge on any atom is -0.0882 e. The molecule has 0 radical (unpaired) electrons. The Morgan fingerprint density at radius 1 is 0.727 bits per heavy atom. The number of rotatable bonds is 2. The van der Waals surface area contributed by atoms with Crippen LogP contribution >= 0.6 is 0 Å². The van der Waals surface area contributed by atoms with Crippen LogP contribution in [0.25, 0.3) is 0 Å². The Morgan fingerprint density at radius 3 is 1.45 bits per heavy atom. The van der Waals surface area contributed by atoms with E-state index in [-0.39, 0.29) is 0 Å². The minimum absolute atomic E-state index is 0.986. The van der Waals surface area contributed by atoms with Crippen LogP contribution in [0.5, 0.6) is 0 Å². The topological polar surface area (TPSA) is 0 Å². The highest BCUT2D eigenvalue weighted by Crippen LogP contribution is 2.31. The summed E-state index contributed by atoms with van der Waals surface area (Å²) in [7, 11) is 0. The zero-order chi connectivity index (χ0) is 7.52. The van der Waals surface area contributed by atoms with Crippen LogP contribution in [0.4, 0.5) is 0 Å². The average Bonchev–Trinajstić information content (AvgIpc) is 2.60. The maximum atomic E-state index is 2.34. The van der Waals surface area contributed by atoms with Crippen molar-refractivity contribution in [2.24, 2.45) is 11.8 Å². The van der Waals surface area contributed by atoms with Crippen LogP contribution < -0.4 is 0 Å². The van der Waals surface area contributed by atoms with Crippen molar-refractivity contribution in [2.45, 2.75) is 32.1 Å². The van der Waals surface area contributed by atoms with Crippen LogP contribution in [0.2, 0.25) is 0 Å². The summed E-state index contributed by atoms with van der Waals surface area (Å²) in [5.41, 5.74) is 0. The third-order valence-electron chi connectivity index (χ3n) is 2.88. The largest absolute Gasteiger partial charge is 0.0882 e. The van der Waals surface area contributed by atoms with E-state index in [2.05, 4.69) is 24.3 Å². The molecule has 0 atom stereocenters. The third-order valence-corrected chi connectivity index (χ3v) is 2.88. The van der Waals surface area contributed by atoms with E-state index < -0.39 is 0 Å². The number of hydrogen-bond acceptors (Lipinski definition) is 0. The fourth-order valence-electron chi connectivity index (χ4n) is 2.20. The van der Waals surface area contributed by atoms with Crippen molar-refractivity contribution in [3.05, 3.63) is 24.3 Å². The highest BCUT2D eigenvalue weighted by Gasteiger charge is 2.17. The molecule has 0 nitrogen and oxygen atoms in total. The van der Waals surface area contributed by atoms with Gasteiger partial charge < -0.3 is 0 Å². The average molecular weight is 148 g/mol. The van der Waals surface area contributed by atoms with Crippen LogP contribution in [-0.2, 0) is 0 Å². The highest BCUT2D eigenvalue weighted by atomic mass is 14.2. The van der Waals surface area contributed by atoms with Crippen LogP contribution in [0.1, 0.15) is 32.1 Å². The van der Waals surface area contributed by atoms with Crippen molar-refractivity contribution in [3.63, 3.8) is 0 Å². The molecule has 60 valence electrons. The van der Waals surface area contributed by atoms with E-state index >= 15 is 0 Å². The summed E-state index contributed by atoms with van der Waals surface area (Å²) in [5, 5.41) is 0. The van der Waals surface area contributed by atoms with Crippen molar-refractivity contribution >= 4 is 0 Å². The highest BCUT2D eigenvalue weighted by molar-refractivity contribution is 4.98. The van der Waals surface area contributed by atoms with Crippen LogP contribution in [0.15, 0.2) is 24.3 Å². The maximum Gasteiger partial charge on any atom is -0.0319 e. The van der Waals surface area contributed by atoms with Gasteiger partial charge in [-0.15, -0.1) is 0 Å². The summed E-state index contributed by atoms with van der Waals surface area (Å²) in [4.78, 5) is 0. The van der Waals surface area contributed by atoms with Gasteiger partial charge in [0.2, 0.25) is 0 Å². The first-order valence-electron chi connectivity index (χ1n) is 4.75. The van der Waals surface area contributed by atoms with Crippen LogP contribution in [-0.4, -0.2) is 0 Å². The molecule has 0 amide bonds. The summed E-state index contributed by atoms with van der Waals surface area (Å²) in [6, 6.07) is 0. The van der Waals surface area contributed by atoms with E-state index in [0.717, 1.165) is 11.8 Å². The molecular weight excluding hydrogens is 132 g/mol. The molecule has 0 bridgehead atoms. The van der Waals surface area contributed by atoms with E-state index in [9.17, 15) is 0 Å². The Balaban J connectivity index is 1.73. The summed E-state index contributed by atoms with van der Waals surface area (Å²) in [6.45, 7) is 0. The quantitative estimate of drug-likeness (QED) is 0.527. The van der Waals surface area contributed by atoms with Gasteiger partial charge >= 0.3 is 0 Å².